The molecule has 0 aromatic heterocycles. The Labute approximate surface area is 759 Å². The van der Waals surface area contributed by atoms with Crippen LogP contribution in [0.25, 0.3) is 11.1 Å². The van der Waals surface area contributed by atoms with E-state index in [1.807, 2.05) is 166 Å². The molecule has 0 aliphatic rings. The number of halogens is 1. The van der Waals surface area contributed by atoms with Crippen LogP contribution in [0.5, 0.6) is 46.0 Å². The fourth-order valence-electron chi connectivity index (χ4n) is 15.7. The molecule has 115 heavy (non-hydrogen) atoms. The molecule has 16 radical (unpaired) electrons. The maximum absolute atomic E-state index is 8.14. The van der Waals surface area contributed by atoms with Gasteiger partial charge in [-0.05, 0) is 306 Å². The number of benzene rings is 10. The molecule has 10 rings (SSSR count). The Morgan fingerprint density at radius 1 is 0.313 bits per heavy atom. The number of hydrogen-bond donors (Lipinski definition) is 1. The molecular formula is C92H101B8IKNO8P4. The van der Waals surface area contributed by atoms with Crippen LogP contribution < -0.4 is 137 Å². The number of nitrogens with two attached hydrogens (primary N) is 1. The Morgan fingerprint density at radius 2 is 0.548 bits per heavy atom. The first-order valence-corrected chi connectivity index (χ1v) is 44.8. The van der Waals surface area contributed by atoms with E-state index in [-0.39, 0.29) is 84.6 Å². The number of hydrogen-bond acceptors (Lipinski definition) is 9. The Kier molecular flexibility index (Phi) is 31.3. The molecule has 0 spiro atoms. The molecule has 0 bridgehead atoms. The van der Waals surface area contributed by atoms with Crippen LogP contribution in [0.2, 0.25) is 0 Å². The first kappa shape index (κ1) is 93.9. The maximum Gasteiger partial charge on any atom is 1.00 e. The minimum Gasteiger partial charge on any atom is -0.451 e. The van der Waals surface area contributed by atoms with Crippen molar-refractivity contribution in [1.29, 1.82) is 0 Å². The molecule has 0 heterocycles. The van der Waals surface area contributed by atoms with Crippen LogP contribution in [0.15, 0.2) is 48.5 Å². The number of nitrogen functional groups attached to an aromatic ring is 1. The van der Waals surface area contributed by atoms with Gasteiger partial charge in [-0.1, -0.05) is 153 Å². The minimum absolute atomic E-state index is 0. The number of ether oxygens (including phenoxy) is 2. The summed E-state index contributed by atoms with van der Waals surface area (Å²) in [5.74, 6) is 4.89. The van der Waals surface area contributed by atoms with Crippen LogP contribution in [-0.2, 0) is 24.6 Å². The molecule has 1 unspecified atom stereocenters. The molecule has 0 amide bonds. The van der Waals surface area contributed by atoms with Crippen molar-refractivity contribution in [2.75, 3.05) is 5.73 Å². The molecular weight excluding hydrogens is 1620 g/mol. The number of anilines is 1. The summed E-state index contributed by atoms with van der Waals surface area (Å²) in [6.07, 6.45) is 0.788. The van der Waals surface area contributed by atoms with Crippen molar-refractivity contribution in [3.05, 3.63) is 231 Å². The van der Waals surface area contributed by atoms with Gasteiger partial charge >= 0.3 is 51.4 Å². The normalized spacial score (nSPS) is 11.6. The Balaban J connectivity index is 0.0000151. The predicted molar refractivity (Wildman–Crippen MR) is 503 cm³/mol. The van der Waals surface area contributed by atoms with E-state index in [4.69, 9.17) is 105 Å². The van der Waals surface area contributed by atoms with Crippen LogP contribution in [0, 0.1) is 197 Å². The van der Waals surface area contributed by atoms with E-state index in [0.717, 1.165) is 187 Å². The predicted octanol–water partition coefficient (Wildman–Crippen LogP) is 14.6. The molecule has 10 aromatic rings. The topological polar surface area (TPSA) is 99.9 Å². The van der Waals surface area contributed by atoms with Gasteiger partial charge in [-0.3, -0.25) is 0 Å². The molecule has 1 atom stereocenters. The largest absolute Gasteiger partial charge is 1.00 e. The zero-order valence-electron chi connectivity index (χ0n) is 72.7. The average molecular weight is 1730 g/mol. The van der Waals surface area contributed by atoms with E-state index in [2.05, 4.69) is 98.0 Å². The first-order chi connectivity index (χ1) is 53.3. The van der Waals surface area contributed by atoms with Crippen molar-refractivity contribution in [1.82, 2.24) is 0 Å². The van der Waals surface area contributed by atoms with E-state index in [1.54, 1.807) is 0 Å². The Hall–Kier alpha value is -4.99. The van der Waals surface area contributed by atoms with E-state index in [9.17, 15) is 0 Å². The summed E-state index contributed by atoms with van der Waals surface area (Å²) in [4.78, 5) is 0. The minimum atomic E-state index is -2.11. The molecule has 0 fully saturated rings. The van der Waals surface area contributed by atoms with Gasteiger partial charge < -0.3 is 42.3 Å². The summed E-state index contributed by atoms with van der Waals surface area (Å²) < 4.78 is 61.4. The molecule has 0 aliphatic carbocycles. The second kappa shape index (κ2) is 38.4. The standard InChI is InChI=1S/C92H101B8INO8P4.K/c1-41-28-50(10)84(60(20)74(41)93)103-92(104-85-51(11)29-42(2)75(94)61(85)21)111-37-69-73(70(58(18)59(19)83(69)102)39-113(107-88-54(14)32-45(5)78(97)64(88)24)108-89-55(15)33-46(6)79(98)65(89)25)72-68(38-112(105-86-52(12)30-43(3)76(95)62(86)22)106-87-53(13)31-44(4)77(96)63(87)23)36-49(9)82(101)71(72)40-114(109-90-56(16)34-47(7)80(99)66(90)26)110-91-57(17)35-48(8)81(100)67(91)27;/h28-35,92,111H,37-40,102H2,1-27H3;/q-1;+1. The van der Waals surface area contributed by atoms with Crippen molar-refractivity contribution in [2.45, 2.75) is 218 Å². The fourth-order valence-corrected chi connectivity index (χ4v) is 22.9. The van der Waals surface area contributed by atoms with E-state index < -0.39 is 31.2 Å². The van der Waals surface area contributed by atoms with Gasteiger partial charge in [0.25, 0.3) is 31.2 Å². The van der Waals surface area contributed by atoms with Crippen LogP contribution in [0.3, 0.4) is 0 Å². The van der Waals surface area contributed by atoms with Gasteiger partial charge in [0.1, 0.15) is 109 Å². The monoisotopic (exact) mass is 1730 g/mol. The summed E-state index contributed by atoms with van der Waals surface area (Å²) >= 11 is 2.51. The molecule has 9 nitrogen and oxygen atoms in total. The molecule has 10 aromatic carbocycles. The quantitative estimate of drug-likeness (QED) is 0.0142. The summed E-state index contributed by atoms with van der Waals surface area (Å²) in [6.45, 7) is 54.7. The fraction of sp³-hybridized carbons (Fsp3) is 0.348. The van der Waals surface area contributed by atoms with Crippen molar-refractivity contribution < 1.29 is 88.0 Å². The zero-order chi connectivity index (χ0) is 84.3. The van der Waals surface area contributed by atoms with Gasteiger partial charge in [-0.2, -0.15) is 11.6 Å². The van der Waals surface area contributed by atoms with Gasteiger partial charge in [0, 0.05) is 18.0 Å². The summed E-state index contributed by atoms with van der Waals surface area (Å²) in [7, 11) is 49.5. The number of rotatable bonds is 26. The Morgan fingerprint density at radius 3 is 0.817 bits per heavy atom. The molecule has 2 N–H and O–H groups in total. The van der Waals surface area contributed by atoms with Crippen molar-refractivity contribution in [3.63, 3.8) is 0 Å². The zero-order valence-corrected chi connectivity index (χ0v) is 81.7. The van der Waals surface area contributed by atoms with Gasteiger partial charge in [-0.15, -0.1) is 39.3 Å². The average Bonchev–Trinajstić information content (AvgIpc) is 0.735. The van der Waals surface area contributed by atoms with Gasteiger partial charge in [0.15, 0.2) is 0 Å². The van der Waals surface area contributed by atoms with Gasteiger partial charge in [0.05, 0.1) is 6.16 Å². The Bertz CT molecular complexity index is 5280. The van der Waals surface area contributed by atoms with Gasteiger partial charge in [-0.25, -0.2) is 0 Å². The molecule has 0 saturated heterocycles. The third-order valence-electron chi connectivity index (χ3n) is 22.7. The summed E-state index contributed by atoms with van der Waals surface area (Å²) in [5.41, 5.74) is 42.1. The third kappa shape index (κ3) is 19.7. The molecule has 574 valence electrons. The molecule has 23 heteroatoms. The van der Waals surface area contributed by atoms with Gasteiger partial charge in [0.2, 0.25) is 0 Å². The number of aryl methyl sites for hydroxylation is 17. The van der Waals surface area contributed by atoms with Crippen molar-refractivity contribution in [2.24, 2.45) is 0 Å². The van der Waals surface area contributed by atoms with Crippen LogP contribution in [-0.4, -0.2) is 68.8 Å². The summed E-state index contributed by atoms with van der Waals surface area (Å²) in [6, 6.07) is 19.6. The second-order valence-electron chi connectivity index (χ2n) is 31.4. The van der Waals surface area contributed by atoms with Crippen LogP contribution >= 0.6 is 56.3 Å². The maximum atomic E-state index is 8.14. The van der Waals surface area contributed by atoms with Crippen molar-refractivity contribution >= 4 is 168 Å². The molecule has 0 saturated carbocycles. The first-order valence-electron chi connectivity index (χ1n) is 38.4. The van der Waals surface area contributed by atoms with Crippen molar-refractivity contribution in [3.8, 4) is 57.1 Å². The summed E-state index contributed by atoms with van der Waals surface area (Å²) in [5, 5.41) is 0. The van der Waals surface area contributed by atoms with Crippen LogP contribution in [0.4, 0.5) is 5.69 Å². The SMILES string of the molecule is [B]c1c(C)cc(C)c(OC(Oc2c(C)cc(C)c([B])c2C)PCc2c(N)c(C)c(C)c(CP(Oc3c(C)cc(C)c([B])c3C)Oc3c(C)cc(C)c([B])c3C)c2-c2c(CP(Oc3c(C)cc(C)c([B])c3C)Oc3c(C)cc(C)c([B])c3C)[c-]c(C)c(I)c2CP(Oc2c(C)cc(C)c([B])c2C)Oc2c(C)cc(C)c([B])c2C)c1C.[K+]. The smallest absolute Gasteiger partial charge is 0.451 e. The molecule has 0 aliphatic heterocycles. The second-order valence-corrected chi connectivity index (χ2v) is 37.7. The van der Waals surface area contributed by atoms with Crippen LogP contribution in [0.1, 0.15) is 172 Å². The third-order valence-corrected chi connectivity index (χ3v) is 29.4. The van der Waals surface area contributed by atoms with E-state index in [1.165, 1.54) is 0 Å². The van der Waals surface area contributed by atoms with E-state index in [0.29, 0.717) is 95.4 Å². The van der Waals surface area contributed by atoms with E-state index >= 15 is 0 Å².